The normalized spacial score (nSPS) is 10.2. The van der Waals surface area contributed by atoms with Crippen molar-refractivity contribution in [3.05, 3.63) is 34.9 Å². The number of alkyl halides is 2. The number of carbonyl (C=O) groups excluding carboxylic acids is 1. The van der Waals surface area contributed by atoms with Crippen LogP contribution in [0.25, 0.3) is 0 Å². The van der Waals surface area contributed by atoms with Crippen LogP contribution in [0, 0.1) is 18.8 Å². The molecule has 0 saturated heterocycles. The van der Waals surface area contributed by atoms with E-state index in [4.69, 9.17) is 10.2 Å². The zero-order valence-corrected chi connectivity index (χ0v) is 11.6. The van der Waals surface area contributed by atoms with Gasteiger partial charge in [-0.25, -0.2) is 8.78 Å². The van der Waals surface area contributed by atoms with Crippen LogP contribution in [-0.4, -0.2) is 53.7 Å². The number of halogens is 2. The molecular formula is C15H17F2NO3. The minimum atomic E-state index is -2.67. The maximum Gasteiger partial charge on any atom is 0.255 e. The van der Waals surface area contributed by atoms with E-state index < -0.39 is 18.9 Å². The maximum absolute atomic E-state index is 12.5. The summed E-state index contributed by atoms with van der Waals surface area (Å²) in [4.78, 5) is 13.2. The molecule has 0 aliphatic heterocycles. The minimum Gasteiger partial charge on any atom is -0.395 e. The molecular weight excluding hydrogens is 280 g/mol. The molecule has 0 fully saturated rings. The average Bonchev–Trinajstić information content (AvgIpc) is 2.44. The van der Waals surface area contributed by atoms with Gasteiger partial charge in [0.15, 0.2) is 0 Å². The van der Waals surface area contributed by atoms with Crippen molar-refractivity contribution in [2.24, 2.45) is 0 Å². The van der Waals surface area contributed by atoms with E-state index in [2.05, 4.69) is 11.8 Å². The summed E-state index contributed by atoms with van der Waals surface area (Å²) in [5.74, 6) is 4.61. The van der Waals surface area contributed by atoms with Crippen LogP contribution in [0.5, 0.6) is 0 Å². The van der Waals surface area contributed by atoms with Gasteiger partial charge in [-0.05, 0) is 24.6 Å². The van der Waals surface area contributed by atoms with Crippen molar-refractivity contribution in [1.82, 2.24) is 4.90 Å². The minimum absolute atomic E-state index is 0.158. The molecule has 1 aromatic carbocycles. The Morgan fingerprint density at radius 1 is 1.38 bits per heavy atom. The molecule has 0 bridgehead atoms. The standard InChI is InChI=1S/C15H17F2NO3/c1-11-12(5-3-8-19)4-2-6-13(11)15(21)18(7-9-20)10-14(16)17/h2,4,6,14,19-20H,7-10H2,1H3. The Hall–Kier alpha value is -1.97. The van der Waals surface area contributed by atoms with Gasteiger partial charge in [0.05, 0.1) is 13.2 Å². The van der Waals surface area contributed by atoms with Gasteiger partial charge in [-0.15, -0.1) is 0 Å². The summed E-state index contributed by atoms with van der Waals surface area (Å²) in [6.45, 7) is 0.0792. The molecule has 1 rings (SSSR count). The number of hydrogen-bond acceptors (Lipinski definition) is 3. The lowest BCUT2D eigenvalue weighted by Gasteiger charge is -2.22. The number of aliphatic hydroxyl groups is 2. The molecule has 1 amide bonds. The van der Waals surface area contributed by atoms with Crippen LogP contribution in [0.4, 0.5) is 8.78 Å². The first-order valence-electron chi connectivity index (χ1n) is 6.38. The molecule has 0 atom stereocenters. The van der Waals surface area contributed by atoms with Crippen molar-refractivity contribution in [1.29, 1.82) is 0 Å². The quantitative estimate of drug-likeness (QED) is 0.798. The fourth-order valence-electron chi connectivity index (χ4n) is 1.87. The van der Waals surface area contributed by atoms with Crippen LogP contribution in [0.15, 0.2) is 18.2 Å². The first-order chi connectivity index (χ1) is 10.0. The highest BCUT2D eigenvalue weighted by Gasteiger charge is 2.21. The van der Waals surface area contributed by atoms with Crippen molar-refractivity contribution in [3.8, 4) is 11.8 Å². The predicted molar refractivity (Wildman–Crippen MR) is 74.1 cm³/mol. The summed E-state index contributed by atoms with van der Waals surface area (Å²) in [6, 6.07) is 4.80. The van der Waals surface area contributed by atoms with E-state index in [-0.39, 0.29) is 25.3 Å². The van der Waals surface area contributed by atoms with Crippen LogP contribution in [0.3, 0.4) is 0 Å². The summed E-state index contributed by atoms with van der Waals surface area (Å²) in [7, 11) is 0. The summed E-state index contributed by atoms with van der Waals surface area (Å²) in [6.07, 6.45) is -2.67. The Kier molecular flexibility index (Phi) is 6.79. The average molecular weight is 297 g/mol. The van der Waals surface area contributed by atoms with Gasteiger partial charge in [-0.3, -0.25) is 4.79 Å². The molecule has 0 heterocycles. The van der Waals surface area contributed by atoms with E-state index in [1.165, 1.54) is 6.07 Å². The van der Waals surface area contributed by atoms with Gasteiger partial charge in [0.25, 0.3) is 12.3 Å². The molecule has 1 aromatic rings. The van der Waals surface area contributed by atoms with Gasteiger partial charge in [-0.2, -0.15) is 0 Å². The highest BCUT2D eigenvalue weighted by atomic mass is 19.3. The number of amides is 1. The van der Waals surface area contributed by atoms with Gasteiger partial charge in [0.1, 0.15) is 6.61 Å². The molecule has 0 saturated carbocycles. The van der Waals surface area contributed by atoms with Crippen molar-refractivity contribution < 1.29 is 23.8 Å². The molecule has 0 aromatic heterocycles. The molecule has 0 aliphatic carbocycles. The SMILES string of the molecule is Cc1c(C#CCO)cccc1C(=O)N(CCO)CC(F)F. The number of aliphatic hydroxyl groups excluding tert-OH is 2. The monoisotopic (exact) mass is 297 g/mol. The van der Waals surface area contributed by atoms with Gasteiger partial charge >= 0.3 is 0 Å². The second-order valence-electron chi connectivity index (χ2n) is 4.30. The molecule has 21 heavy (non-hydrogen) atoms. The Bertz CT molecular complexity index is 550. The van der Waals surface area contributed by atoms with Crippen molar-refractivity contribution in [3.63, 3.8) is 0 Å². The van der Waals surface area contributed by atoms with Gasteiger partial charge in [0.2, 0.25) is 0 Å². The fourth-order valence-corrected chi connectivity index (χ4v) is 1.87. The van der Waals surface area contributed by atoms with Crippen LogP contribution >= 0.6 is 0 Å². The fraction of sp³-hybridized carbons (Fsp3) is 0.400. The third kappa shape index (κ3) is 4.81. The zero-order chi connectivity index (χ0) is 15.8. The van der Waals surface area contributed by atoms with Crippen molar-refractivity contribution in [2.75, 3.05) is 26.3 Å². The van der Waals surface area contributed by atoms with E-state index in [0.717, 1.165) is 4.90 Å². The zero-order valence-electron chi connectivity index (χ0n) is 11.6. The Balaban J connectivity index is 3.10. The molecule has 0 radical (unpaired) electrons. The Morgan fingerprint density at radius 3 is 2.67 bits per heavy atom. The van der Waals surface area contributed by atoms with Gasteiger partial charge in [-0.1, -0.05) is 17.9 Å². The number of benzene rings is 1. The third-order valence-corrected chi connectivity index (χ3v) is 2.88. The molecule has 114 valence electrons. The predicted octanol–water partition coefficient (Wildman–Crippen LogP) is 1.04. The molecule has 0 spiro atoms. The second-order valence-corrected chi connectivity index (χ2v) is 4.30. The van der Waals surface area contributed by atoms with E-state index >= 15 is 0 Å². The third-order valence-electron chi connectivity index (χ3n) is 2.88. The molecule has 0 aliphatic rings. The highest BCUT2D eigenvalue weighted by Crippen LogP contribution is 2.16. The van der Waals surface area contributed by atoms with Crippen LogP contribution in [0.1, 0.15) is 21.5 Å². The lowest BCUT2D eigenvalue weighted by Crippen LogP contribution is -2.37. The largest absolute Gasteiger partial charge is 0.395 e. The summed E-state index contributed by atoms with van der Waals surface area (Å²) in [5, 5.41) is 17.6. The van der Waals surface area contributed by atoms with Crippen LogP contribution < -0.4 is 0 Å². The van der Waals surface area contributed by atoms with E-state index in [1.807, 2.05) is 0 Å². The summed E-state index contributed by atoms with van der Waals surface area (Å²) >= 11 is 0. The molecule has 6 heteroatoms. The van der Waals surface area contributed by atoms with Crippen LogP contribution in [0.2, 0.25) is 0 Å². The van der Waals surface area contributed by atoms with E-state index in [9.17, 15) is 13.6 Å². The van der Waals surface area contributed by atoms with Gasteiger partial charge < -0.3 is 15.1 Å². The molecule has 0 unspecified atom stereocenters. The van der Waals surface area contributed by atoms with Crippen molar-refractivity contribution >= 4 is 5.91 Å². The highest BCUT2D eigenvalue weighted by molar-refractivity contribution is 5.96. The number of carbonyl (C=O) groups is 1. The first kappa shape index (κ1) is 17.1. The van der Waals surface area contributed by atoms with Gasteiger partial charge in [0, 0.05) is 17.7 Å². The van der Waals surface area contributed by atoms with E-state index in [1.54, 1.807) is 19.1 Å². The Labute approximate surface area is 122 Å². The molecule has 4 nitrogen and oxygen atoms in total. The van der Waals surface area contributed by atoms with E-state index in [0.29, 0.717) is 11.1 Å². The summed E-state index contributed by atoms with van der Waals surface area (Å²) in [5.41, 5.74) is 1.37. The molecule has 2 N–H and O–H groups in total. The number of nitrogens with zero attached hydrogens (tertiary/aromatic N) is 1. The smallest absolute Gasteiger partial charge is 0.255 e. The Morgan fingerprint density at radius 2 is 2.10 bits per heavy atom. The maximum atomic E-state index is 12.5. The lowest BCUT2D eigenvalue weighted by molar-refractivity contribution is 0.0508. The summed E-state index contributed by atoms with van der Waals surface area (Å²) < 4.78 is 25.0. The van der Waals surface area contributed by atoms with Crippen LogP contribution in [-0.2, 0) is 0 Å². The lowest BCUT2D eigenvalue weighted by atomic mass is 10.0. The van der Waals surface area contributed by atoms with Crippen molar-refractivity contribution in [2.45, 2.75) is 13.3 Å². The topological polar surface area (TPSA) is 60.8 Å². The second kappa shape index (κ2) is 8.35. The number of rotatable bonds is 5. The number of hydrogen-bond donors (Lipinski definition) is 2. The first-order valence-corrected chi connectivity index (χ1v) is 6.38.